The van der Waals surface area contributed by atoms with Gasteiger partial charge in [-0.25, -0.2) is 5.43 Å². The Morgan fingerprint density at radius 1 is 1.04 bits per heavy atom. The number of carbonyl (C=O) groups excluding carboxylic acids is 1. The molecule has 2 aromatic carbocycles. The first-order valence-corrected chi connectivity index (χ1v) is 6.90. The van der Waals surface area contributed by atoms with Gasteiger partial charge in [0, 0.05) is 12.1 Å². The summed E-state index contributed by atoms with van der Waals surface area (Å²) in [6, 6.07) is 11.5. The van der Waals surface area contributed by atoms with Gasteiger partial charge in [-0.15, -0.1) is 0 Å². The van der Waals surface area contributed by atoms with E-state index in [-0.39, 0.29) is 22.7 Å². The Balaban J connectivity index is 1.94. The Bertz CT molecular complexity index is 836. The van der Waals surface area contributed by atoms with Gasteiger partial charge < -0.3 is 4.74 Å². The number of rotatable bonds is 7. The van der Waals surface area contributed by atoms with Crippen LogP contribution in [0.25, 0.3) is 0 Å². The molecule has 25 heavy (non-hydrogen) atoms. The number of nitrogens with zero attached hydrogens (tertiary/aromatic N) is 3. The molecule has 2 rings (SSSR count). The maximum absolute atomic E-state index is 11.7. The second kappa shape index (κ2) is 8.15. The first-order chi connectivity index (χ1) is 12.0. The fraction of sp³-hybridized carbons (Fsp3) is 0.0667. The number of nitrogens with one attached hydrogen (secondary N) is 1. The van der Waals surface area contributed by atoms with E-state index >= 15 is 0 Å². The molecule has 0 radical (unpaired) electrons. The summed E-state index contributed by atoms with van der Waals surface area (Å²) >= 11 is 0. The van der Waals surface area contributed by atoms with Crippen LogP contribution >= 0.6 is 0 Å². The Labute approximate surface area is 141 Å². The molecule has 2 aromatic rings. The number of carbonyl (C=O) groups is 1. The van der Waals surface area contributed by atoms with E-state index in [9.17, 15) is 25.0 Å². The second-order valence-electron chi connectivity index (χ2n) is 4.62. The third-order valence-electron chi connectivity index (χ3n) is 2.95. The topological polar surface area (TPSA) is 137 Å². The number of para-hydroxylation sites is 3. The van der Waals surface area contributed by atoms with Crippen LogP contribution in [0.2, 0.25) is 0 Å². The molecular formula is C15H12N4O6. The highest BCUT2D eigenvalue weighted by Crippen LogP contribution is 2.25. The number of hydrogen-bond acceptors (Lipinski definition) is 7. The zero-order valence-corrected chi connectivity index (χ0v) is 12.7. The van der Waals surface area contributed by atoms with Gasteiger partial charge >= 0.3 is 5.69 Å². The summed E-state index contributed by atoms with van der Waals surface area (Å²) in [4.78, 5) is 32.1. The molecule has 0 bridgehead atoms. The summed E-state index contributed by atoms with van der Waals surface area (Å²) < 4.78 is 5.09. The van der Waals surface area contributed by atoms with Crippen molar-refractivity contribution in [2.75, 3.05) is 6.61 Å². The summed E-state index contributed by atoms with van der Waals surface area (Å²) in [6.45, 7) is -0.501. The van der Waals surface area contributed by atoms with Crippen LogP contribution in [0.15, 0.2) is 53.6 Å². The summed E-state index contributed by atoms with van der Waals surface area (Å²) in [6.07, 6.45) is 1.13. The van der Waals surface area contributed by atoms with E-state index in [0.29, 0.717) is 0 Å². The van der Waals surface area contributed by atoms with Gasteiger partial charge in [0.25, 0.3) is 11.6 Å². The van der Waals surface area contributed by atoms with Crippen LogP contribution in [0.5, 0.6) is 5.75 Å². The molecule has 0 atom stereocenters. The fourth-order valence-electron chi connectivity index (χ4n) is 1.84. The van der Waals surface area contributed by atoms with Crippen molar-refractivity contribution in [1.82, 2.24) is 5.43 Å². The largest absolute Gasteiger partial charge is 0.477 e. The summed E-state index contributed by atoms with van der Waals surface area (Å²) in [7, 11) is 0. The van der Waals surface area contributed by atoms with Crippen molar-refractivity contribution in [2.24, 2.45) is 5.10 Å². The first kappa shape index (κ1) is 17.5. The van der Waals surface area contributed by atoms with Crippen molar-refractivity contribution >= 4 is 23.5 Å². The van der Waals surface area contributed by atoms with Crippen LogP contribution in [0.4, 0.5) is 11.4 Å². The minimum Gasteiger partial charge on any atom is -0.477 e. The van der Waals surface area contributed by atoms with Crippen LogP contribution in [0.1, 0.15) is 5.56 Å². The van der Waals surface area contributed by atoms with Gasteiger partial charge in [0.1, 0.15) is 0 Å². The van der Waals surface area contributed by atoms with E-state index in [0.717, 1.165) is 6.21 Å². The predicted molar refractivity (Wildman–Crippen MR) is 87.4 cm³/mol. The van der Waals surface area contributed by atoms with Gasteiger partial charge in [-0.3, -0.25) is 25.0 Å². The molecule has 0 aliphatic carbocycles. The molecule has 0 heterocycles. The molecule has 0 spiro atoms. The van der Waals surface area contributed by atoms with Crippen molar-refractivity contribution in [3.05, 3.63) is 74.3 Å². The summed E-state index contributed by atoms with van der Waals surface area (Å²) in [5.41, 5.74) is 1.92. The number of ether oxygens (including phenoxy) is 1. The van der Waals surface area contributed by atoms with E-state index < -0.39 is 22.4 Å². The van der Waals surface area contributed by atoms with Gasteiger partial charge in [-0.1, -0.05) is 24.3 Å². The zero-order chi connectivity index (χ0) is 18.2. The number of benzene rings is 2. The first-order valence-electron chi connectivity index (χ1n) is 6.90. The minimum atomic E-state index is -0.673. The molecule has 1 N–H and O–H groups in total. The fourth-order valence-corrected chi connectivity index (χ4v) is 1.84. The number of hydrogen-bond donors (Lipinski definition) is 1. The lowest BCUT2D eigenvalue weighted by molar-refractivity contribution is -0.385. The third-order valence-corrected chi connectivity index (χ3v) is 2.95. The van der Waals surface area contributed by atoms with Crippen molar-refractivity contribution in [3.63, 3.8) is 0 Å². The standard InChI is InChI=1S/C15H12N4O6/c20-15(10-25-14-8-4-3-7-13(14)19(23)24)17-16-9-11-5-1-2-6-12(11)18(21)22/h1-9H,10H2,(H,17,20). The van der Waals surface area contributed by atoms with Gasteiger partial charge in [0.15, 0.2) is 12.4 Å². The van der Waals surface area contributed by atoms with Crippen LogP contribution in [-0.4, -0.2) is 28.6 Å². The van der Waals surface area contributed by atoms with Crippen molar-refractivity contribution < 1.29 is 19.4 Å². The SMILES string of the molecule is O=C(COc1ccccc1[N+](=O)[O-])NN=Cc1ccccc1[N+](=O)[O-]. The van der Waals surface area contributed by atoms with E-state index in [2.05, 4.69) is 10.5 Å². The predicted octanol–water partition coefficient (Wildman–Crippen LogP) is 2.03. The van der Waals surface area contributed by atoms with Crippen LogP contribution in [0, 0.1) is 20.2 Å². The van der Waals surface area contributed by atoms with Crippen molar-refractivity contribution in [3.8, 4) is 5.75 Å². The van der Waals surface area contributed by atoms with E-state index in [1.54, 1.807) is 6.07 Å². The van der Waals surface area contributed by atoms with Gasteiger partial charge in [0.2, 0.25) is 0 Å². The Hall–Kier alpha value is -3.82. The lowest BCUT2D eigenvalue weighted by Gasteiger charge is -2.05. The van der Waals surface area contributed by atoms with Gasteiger partial charge in [0.05, 0.1) is 21.6 Å². The normalized spacial score (nSPS) is 10.4. The Morgan fingerprint density at radius 2 is 1.64 bits per heavy atom. The molecule has 0 aliphatic rings. The maximum Gasteiger partial charge on any atom is 0.310 e. The van der Waals surface area contributed by atoms with E-state index in [1.165, 1.54) is 42.5 Å². The molecule has 0 saturated heterocycles. The Kier molecular flexibility index (Phi) is 5.72. The molecule has 0 aliphatic heterocycles. The van der Waals surface area contributed by atoms with Crippen LogP contribution in [0.3, 0.4) is 0 Å². The lowest BCUT2D eigenvalue weighted by Crippen LogP contribution is -2.24. The smallest absolute Gasteiger partial charge is 0.310 e. The highest BCUT2D eigenvalue weighted by atomic mass is 16.6. The van der Waals surface area contributed by atoms with E-state index in [1.807, 2.05) is 0 Å². The molecule has 0 aromatic heterocycles. The average Bonchev–Trinajstić information content (AvgIpc) is 2.60. The molecular weight excluding hydrogens is 332 g/mol. The molecule has 10 nitrogen and oxygen atoms in total. The minimum absolute atomic E-state index is 0.0506. The highest BCUT2D eigenvalue weighted by molar-refractivity contribution is 5.86. The number of hydrazone groups is 1. The van der Waals surface area contributed by atoms with Crippen LogP contribution in [-0.2, 0) is 4.79 Å². The molecule has 0 fully saturated rings. The summed E-state index contributed by atoms with van der Waals surface area (Å²) in [5.74, 6) is -0.724. The number of amides is 1. The number of nitro benzene ring substituents is 2. The number of nitro groups is 2. The van der Waals surface area contributed by atoms with Gasteiger partial charge in [-0.05, 0) is 12.1 Å². The summed E-state index contributed by atoms with van der Waals surface area (Å²) in [5, 5.41) is 25.3. The van der Waals surface area contributed by atoms with Gasteiger partial charge in [-0.2, -0.15) is 5.10 Å². The molecule has 0 saturated carbocycles. The molecule has 0 unspecified atom stereocenters. The highest BCUT2D eigenvalue weighted by Gasteiger charge is 2.15. The maximum atomic E-state index is 11.7. The Morgan fingerprint density at radius 3 is 2.32 bits per heavy atom. The second-order valence-corrected chi connectivity index (χ2v) is 4.62. The van der Waals surface area contributed by atoms with Crippen molar-refractivity contribution in [1.29, 1.82) is 0 Å². The average molecular weight is 344 g/mol. The van der Waals surface area contributed by atoms with Crippen molar-refractivity contribution in [2.45, 2.75) is 0 Å². The van der Waals surface area contributed by atoms with Crippen LogP contribution < -0.4 is 10.2 Å². The monoisotopic (exact) mass is 344 g/mol. The van der Waals surface area contributed by atoms with E-state index in [4.69, 9.17) is 4.74 Å². The lowest BCUT2D eigenvalue weighted by atomic mass is 10.2. The quantitative estimate of drug-likeness (QED) is 0.463. The molecule has 1 amide bonds. The zero-order valence-electron chi connectivity index (χ0n) is 12.7. The molecule has 10 heteroatoms. The molecule has 128 valence electrons. The third kappa shape index (κ3) is 4.82.